The zero-order valence-electron chi connectivity index (χ0n) is 19.0. The number of ether oxygens (including phenoxy) is 1. The minimum Gasteiger partial charge on any atom is -0.433 e. The number of alkyl halides is 2. The fourth-order valence-corrected chi connectivity index (χ4v) is 3.42. The van der Waals surface area contributed by atoms with E-state index in [2.05, 4.69) is 20.4 Å². The minimum absolute atomic E-state index is 0.0724. The number of likely N-dealkylation sites (N-methyl/N-ethyl adjacent to an activating group) is 2. The highest BCUT2D eigenvalue weighted by molar-refractivity contribution is 5.90. The monoisotopic (exact) mass is 469 g/mol. The molecule has 0 spiro atoms. The van der Waals surface area contributed by atoms with Gasteiger partial charge >= 0.3 is 6.61 Å². The van der Waals surface area contributed by atoms with Crippen LogP contribution < -0.4 is 20.7 Å². The lowest BCUT2D eigenvalue weighted by Gasteiger charge is -2.24. The van der Waals surface area contributed by atoms with Gasteiger partial charge in [-0.3, -0.25) is 0 Å². The van der Waals surface area contributed by atoms with Crippen molar-refractivity contribution in [3.8, 4) is 17.1 Å². The normalized spacial score (nSPS) is 11.4. The number of para-hydroxylation sites is 1. The number of nitrogen functional groups attached to an aromatic ring is 1. The average molecular weight is 469 g/mol. The predicted molar refractivity (Wildman–Crippen MR) is 128 cm³/mol. The lowest BCUT2D eigenvalue weighted by Crippen LogP contribution is -2.29. The van der Waals surface area contributed by atoms with Crippen LogP contribution in [0.5, 0.6) is 5.75 Å². The van der Waals surface area contributed by atoms with Gasteiger partial charge < -0.3 is 30.1 Å². The van der Waals surface area contributed by atoms with E-state index < -0.39 is 6.61 Å². The molecular formula is C23H25F2N7O2. The van der Waals surface area contributed by atoms with Crippen LogP contribution >= 0.6 is 0 Å². The van der Waals surface area contributed by atoms with E-state index in [1.807, 2.05) is 49.1 Å². The van der Waals surface area contributed by atoms with E-state index in [-0.39, 0.29) is 17.4 Å². The maximum absolute atomic E-state index is 13.2. The number of aromatic nitrogens is 3. The Labute approximate surface area is 195 Å². The third kappa shape index (κ3) is 5.15. The highest BCUT2D eigenvalue weighted by atomic mass is 19.3. The van der Waals surface area contributed by atoms with E-state index in [0.717, 1.165) is 11.9 Å². The van der Waals surface area contributed by atoms with E-state index in [1.54, 1.807) is 12.1 Å². The Hall–Kier alpha value is -3.99. The first-order valence-corrected chi connectivity index (χ1v) is 10.5. The molecule has 0 aliphatic heterocycles. The Kier molecular flexibility index (Phi) is 6.73. The van der Waals surface area contributed by atoms with Crippen LogP contribution in [0.25, 0.3) is 22.4 Å². The topological polar surface area (TPSA) is 106 Å². The van der Waals surface area contributed by atoms with E-state index in [4.69, 9.17) is 15.0 Å². The fraction of sp³-hybridized carbons (Fsp3) is 0.261. The van der Waals surface area contributed by atoms with Gasteiger partial charge in [0.1, 0.15) is 5.69 Å². The van der Waals surface area contributed by atoms with E-state index in [0.29, 0.717) is 34.9 Å². The molecule has 0 radical (unpaired) electrons. The first-order chi connectivity index (χ1) is 16.3. The second-order valence-electron chi connectivity index (χ2n) is 7.93. The number of hydrogen-bond donors (Lipinski definition) is 2. The van der Waals surface area contributed by atoms with E-state index >= 15 is 0 Å². The molecule has 0 aliphatic carbocycles. The van der Waals surface area contributed by atoms with Crippen LogP contribution in [0.2, 0.25) is 0 Å². The second-order valence-corrected chi connectivity index (χ2v) is 7.93. The molecule has 34 heavy (non-hydrogen) atoms. The van der Waals surface area contributed by atoms with Crippen LogP contribution in [0, 0.1) is 0 Å². The lowest BCUT2D eigenvalue weighted by atomic mass is 10.2. The summed E-state index contributed by atoms with van der Waals surface area (Å²) in [6, 6.07) is 12.1. The number of nitrogens with two attached hydrogens (primary N) is 1. The molecule has 2 aromatic carbocycles. The molecule has 9 nitrogen and oxygen atoms in total. The molecule has 3 N–H and O–H groups in total. The number of benzene rings is 2. The van der Waals surface area contributed by atoms with Crippen LogP contribution in [0.4, 0.5) is 31.8 Å². The highest BCUT2D eigenvalue weighted by Crippen LogP contribution is 2.37. The molecule has 0 fully saturated rings. The number of nitrogens with zero attached hydrogens (tertiary/aromatic N) is 5. The molecule has 2 heterocycles. The zero-order chi connectivity index (χ0) is 24.2. The second kappa shape index (κ2) is 9.87. The Morgan fingerprint density at radius 1 is 1.12 bits per heavy atom. The Morgan fingerprint density at radius 3 is 2.68 bits per heavy atom. The van der Waals surface area contributed by atoms with Crippen molar-refractivity contribution in [2.24, 2.45) is 0 Å². The molecule has 178 valence electrons. The fourth-order valence-electron chi connectivity index (χ4n) is 3.42. The third-order valence-corrected chi connectivity index (χ3v) is 5.16. The van der Waals surface area contributed by atoms with Crippen molar-refractivity contribution in [2.75, 3.05) is 50.2 Å². The Morgan fingerprint density at radius 2 is 1.91 bits per heavy atom. The highest BCUT2D eigenvalue weighted by Gasteiger charge is 2.18. The van der Waals surface area contributed by atoms with Gasteiger partial charge in [-0.2, -0.15) is 8.78 Å². The van der Waals surface area contributed by atoms with Crippen LogP contribution in [-0.2, 0) is 0 Å². The Bertz CT molecular complexity index is 1280. The van der Waals surface area contributed by atoms with Gasteiger partial charge in [-0.25, -0.2) is 9.97 Å². The first kappa shape index (κ1) is 23.2. The van der Waals surface area contributed by atoms with Gasteiger partial charge in [-0.05, 0) is 38.4 Å². The summed E-state index contributed by atoms with van der Waals surface area (Å²) in [7, 11) is 5.74. The largest absolute Gasteiger partial charge is 0.433 e. The van der Waals surface area contributed by atoms with E-state index in [1.165, 1.54) is 18.3 Å². The SMILES string of the molecule is CN(C)CCN(C)c1cc(OC(F)F)c(Nc2nccc(-c3noc4ccccc34)n2)cc1N. The zero-order valence-corrected chi connectivity index (χ0v) is 19.0. The molecule has 0 saturated carbocycles. The number of halogens is 2. The number of nitrogens with one attached hydrogen (secondary N) is 1. The molecule has 4 rings (SSSR count). The van der Waals surface area contributed by atoms with Crippen molar-refractivity contribution in [3.05, 3.63) is 48.7 Å². The maximum Gasteiger partial charge on any atom is 0.387 e. The van der Waals surface area contributed by atoms with E-state index in [9.17, 15) is 8.78 Å². The van der Waals surface area contributed by atoms with Gasteiger partial charge in [0.25, 0.3) is 0 Å². The minimum atomic E-state index is -3.02. The molecular weight excluding hydrogens is 444 g/mol. The summed E-state index contributed by atoms with van der Waals surface area (Å²) in [5.74, 6) is 0.0913. The number of rotatable bonds is 9. The number of hydrogen-bond acceptors (Lipinski definition) is 9. The summed E-state index contributed by atoms with van der Waals surface area (Å²) in [4.78, 5) is 12.6. The van der Waals surface area contributed by atoms with Crippen molar-refractivity contribution in [3.63, 3.8) is 0 Å². The first-order valence-electron chi connectivity index (χ1n) is 10.5. The summed E-state index contributed by atoms with van der Waals surface area (Å²) in [5.41, 5.74) is 9.11. The summed E-state index contributed by atoms with van der Waals surface area (Å²) in [6.07, 6.45) is 1.54. The van der Waals surface area contributed by atoms with Crippen LogP contribution in [0.3, 0.4) is 0 Å². The molecule has 4 aromatic rings. The van der Waals surface area contributed by atoms with Gasteiger partial charge in [-0.1, -0.05) is 17.3 Å². The van der Waals surface area contributed by atoms with Crippen molar-refractivity contribution >= 4 is 34.0 Å². The molecule has 0 amide bonds. The van der Waals surface area contributed by atoms with Crippen molar-refractivity contribution < 1.29 is 18.0 Å². The molecule has 0 unspecified atom stereocenters. The van der Waals surface area contributed by atoms with Crippen LogP contribution in [-0.4, -0.2) is 60.9 Å². The van der Waals surface area contributed by atoms with Crippen molar-refractivity contribution in [2.45, 2.75) is 6.61 Å². The van der Waals surface area contributed by atoms with Crippen LogP contribution in [0.1, 0.15) is 0 Å². The van der Waals surface area contributed by atoms with Gasteiger partial charge in [0.2, 0.25) is 5.95 Å². The summed E-state index contributed by atoms with van der Waals surface area (Å²) in [6.45, 7) is -1.61. The van der Waals surface area contributed by atoms with Gasteiger partial charge in [0, 0.05) is 32.4 Å². The molecule has 0 bridgehead atoms. The molecule has 2 aromatic heterocycles. The average Bonchev–Trinajstić information content (AvgIpc) is 3.23. The quantitative estimate of drug-likeness (QED) is 0.349. The molecule has 0 saturated heterocycles. The Balaban J connectivity index is 1.65. The van der Waals surface area contributed by atoms with Crippen molar-refractivity contribution in [1.82, 2.24) is 20.0 Å². The smallest absolute Gasteiger partial charge is 0.387 e. The number of anilines is 4. The van der Waals surface area contributed by atoms with Crippen molar-refractivity contribution in [1.29, 1.82) is 0 Å². The summed E-state index contributed by atoms with van der Waals surface area (Å²) in [5, 5.41) is 7.83. The van der Waals surface area contributed by atoms with Gasteiger partial charge in [0.15, 0.2) is 11.3 Å². The van der Waals surface area contributed by atoms with Crippen LogP contribution in [0.15, 0.2) is 53.2 Å². The lowest BCUT2D eigenvalue weighted by molar-refractivity contribution is -0.0493. The predicted octanol–water partition coefficient (Wildman–Crippen LogP) is 4.21. The van der Waals surface area contributed by atoms with Gasteiger partial charge in [0.05, 0.1) is 28.1 Å². The standard InChI is InChI=1S/C23H25F2N7O2/c1-31(2)10-11-32(3)18-13-20(33-22(24)25)17(12-15(18)26)29-23-27-9-8-16(28-23)21-14-6-4-5-7-19(14)34-30-21/h4-9,12-13,22H,10-11,26H2,1-3H3,(H,27,28,29). The third-order valence-electron chi connectivity index (χ3n) is 5.16. The molecule has 0 atom stereocenters. The van der Waals surface area contributed by atoms with Gasteiger partial charge in [-0.15, -0.1) is 0 Å². The molecule has 0 aliphatic rings. The maximum atomic E-state index is 13.2. The number of fused-ring (bicyclic) bond motifs is 1. The summed E-state index contributed by atoms with van der Waals surface area (Å²) < 4.78 is 36.5. The molecule has 11 heteroatoms. The summed E-state index contributed by atoms with van der Waals surface area (Å²) >= 11 is 0.